The summed E-state index contributed by atoms with van der Waals surface area (Å²) in [6.07, 6.45) is -0.0375. The Morgan fingerprint density at radius 3 is 3.00 bits per heavy atom. The van der Waals surface area contributed by atoms with Crippen molar-refractivity contribution >= 4 is 17.4 Å². The molecular weight excluding hydrogens is 350 g/mol. The number of carbonyl (C=O) groups is 1. The van der Waals surface area contributed by atoms with Crippen LogP contribution in [0.3, 0.4) is 0 Å². The number of aromatic nitrogens is 1. The summed E-state index contributed by atoms with van der Waals surface area (Å²) in [7, 11) is 1.66. The van der Waals surface area contributed by atoms with Crippen molar-refractivity contribution in [3.8, 4) is 5.75 Å². The van der Waals surface area contributed by atoms with Gasteiger partial charge in [-0.3, -0.25) is 0 Å². The van der Waals surface area contributed by atoms with Crippen LogP contribution in [0, 0.1) is 0 Å². The van der Waals surface area contributed by atoms with Crippen LogP contribution in [0.25, 0.3) is 0 Å². The van der Waals surface area contributed by atoms with Crippen molar-refractivity contribution in [1.29, 1.82) is 0 Å². The molecule has 26 heavy (non-hydrogen) atoms. The first-order chi connectivity index (χ1) is 12.4. The molecular formula is C19H25N3O3S. The highest BCUT2D eigenvalue weighted by molar-refractivity contribution is 7.09. The van der Waals surface area contributed by atoms with E-state index in [9.17, 15) is 4.79 Å². The van der Waals surface area contributed by atoms with E-state index in [2.05, 4.69) is 10.3 Å². The molecule has 0 radical (unpaired) electrons. The quantitative estimate of drug-likeness (QED) is 0.884. The SMILES string of the molecule is COC(C)c1nc(CNC(=O)N2Cc3ccccc3OC(C)(C)C2)cs1. The lowest BCUT2D eigenvalue weighted by Gasteiger charge is -2.29. The van der Waals surface area contributed by atoms with E-state index in [1.165, 1.54) is 0 Å². The van der Waals surface area contributed by atoms with Gasteiger partial charge in [0.25, 0.3) is 0 Å². The molecule has 2 heterocycles. The van der Waals surface area contributed by atoms with Crippen molar-refractivity contribution < 1.29 is 14.3 Å². The van der Waals surface area contributed by atoms with E-state index in [1.807, 2.05) is 50.4 Å². The minimum absolute atomic E-state index is 0.0375. The summed E-state index contributed by atoms with van der Waals surface area (Å²) in [5, 5.41) is 5.84. The Labute approximate surface area is 158 Å². The van der Waals surface area contributed by atoms with Crippen LogP contribution in [-0.4, -0.2) is 35.2 Å². The highest BCUT2D eigenvalue weighted by Gasteiger charge is 2.31. The molecule has 1 aliphatic rings. The summed E-state index contributed by atoms with van der Waals surface area (Å²) in [4.78, 5) is 19.0. The Morgan fingerprint density at radius 2 is 2.23 bits per heavy atom. The Hall–Kier alpha value is -2.12. The van der Waals surface area contributed by atoms with Crippen LogP contribution in [0.2, 0.25) is 0 Å². The second-order valence-corrected chi connectivity index (χ2v) is 7.93. The zero-order valence-corrected chi connectivity index (χ0v) is 16.4. The molecule has 1 aromatic carbocycles. The molecule has 1 N–H and O–H groups in total. The molecule has 7 heteroatoms. The molecule has 0 bridgehead atoms. The fourth-order valence-corrected chi connectivity index (χ4v) is 3.75. The Kier molecular flexibility index (Phi) is 5.48. The standard InChI is InChI=1S/C19H25N3O3S/c1-13(24-4)17-21-15(11-26-17)9-20-18(23)22-10-14-7-5-6-8-16(14)25-19(2,3)12-22/h5-8,11,13H,9-10,12H2,1-4H3,(H,20,23). The molecule has 0 spiro atoms. The lowest BCUT2D eigenvalue weighted by molar-refractivity contribution is 0.0806. The average molecular weight is 375 g/mol. The second-order valence-electron chi connectivity index (χ2n) is 7.04. The molecule has 140 valence electrons. The number of methoxy groups -OCH3 is 1. The number of amides is 2. The number of carbonyl (C=O) groups excluding carboxylic acids is 1. The Bertz CT molecular complexity index is 775. The van der Waals surface area contributed by atoms with Crippen molar-refractivity contribution in [3.63, 3.8) is 0 Å². The van der Waals surface area contributed by atoms with Gasteiger partial charge in [0.05, 0.1) is 25.3 Å². The van der Waals surface area contributed by atoms with Gasteiger partial charge in [-0.2, -0.15) is 0 Å². The Morgan fingerprint density at radius 1 is 1.46 bits per heavy atom. The van der Waals surface area contributed by atoms with Gasteiger partial charge in [-0.25, -0.2) is 9.78 Å². The molecule has 3 rings (SSSR count). The minimum atomic E-state index is -0.453. The molecule has 2 aromatic rings. The van der Waals surface area contributed by atoms with E-state index in [4.69, 9.17) is 9.47 Å². The van der Waals surface area contributed by atoms with Crippen LogP contribution in [0.1, 0.15) is 43.1 Å². The number of hydrogen-bond donors (Lipinski definition) is 1. The van der Waals surface area contributed by atoms with Crippen molar-refractivity contribution in [2.75, 3.05) is 13.7 Å². The van der Waals surface area contributed by atoms with Crippen molar-refractivity contribution in [3.05, 3.63) is 45.9 Å². The molecule has 1 aromatic heterocycles. The van der Waals surface area contributed by atoms with Crippen LogP contribution in [0.15, 0.2) is 29.6 Å². The van der Waals surface area contributed by atoms with Crippen molar-refractivity contribution in [2.45, 2.75) is 45.6 Å². The van der Waals surface area contributed by atoms with Gasteiger partial charge in [-0.05, 0) is 26.8 Å². The zero-order valence-electron chi connectivity index (χ0n) is 15.6. The predicted octanol–water partition coefficient (Wildman–Crippen LogP) is 3.73. The molecule has 1 unspecified atom stereocenters. The highest BCUT2D eigenvalue weighted by Crippen LogP contribution is 2.29. The fourth-order valence-electron chi connectivity index (χ4n) is 2.90. The maximum Gasteiger partial charge on any atom is 0.318 e. The van der Waals surface area contributed by atoms with Crippen LogP contribution in [-0.2, 0) is 17.8 Å². The fraction of sp³-hybridized carbons (Fsp3) is 0.474. The zero-order chi connectivity index (χ0) is 18.7. The summed E-state index contributed by atoms with van der Waals surface area (Å²) in [5.41, 5.74) is 1.40. The highest BCUT2D eigenvalue weighted by atomic mass is 32.1. The van der Waals surface area contributed by atoms with Gasteiger partial charge in [-0.1, -0.05) is 18.2 Å². The number of hydrogen-bond acceptors (Lipinski definition) is 5. The predicted molar refractivity (Wildman–Crippen MR) is 101 cm³/mol. The number of nitrogens with one attached hydrogen (secondary N) is 1. The van der Waals surface area contributed by atoms with E-state index in [-0.39, 0.29) is 12.1 Å². The molecule has 0 aliphatic carbocycles. The van der Waals surface area contributed by atoms with E-state index in [1.54, 1.807) is 23.3 Å². The third-order valence-electron chi connectivity index (χ3n) is 4.27. The molecule has 0 fully saturated rings. The van der Waals surface area contributed by atoms with Crippen molar-refractivity contribution in [2.24, 2.45) is 0 Å². The smallest absolute Gasteiger partial charge is 0.318 e. The molecule has 6 nitrogen and oxygen atoms in total. The molecule has 1 aliphatic heterocycles. The molecule has 1 atom stereocenters. The van der Waals surface area contributed by atoms with E-state index >= 15 is 0 Å². The summed E-state index contributed by atoms with van der Waals surface area (Å²) in [5.74, 6) is 0.838. The number of ether oxygens (including phenoxy) is 2. The van der Waals surface area contributed by atoms with Crippen LogP contribution in [0.5, 0.6) is 5.75 Å². The number of benzene rings is 1. The van der Waals surface area contributed by atoms with Crippen LogP contribution < -0.4 is 10.1 Å². The van der Waals surface area contributed by atoms with Gasteiger partial charge in [-0.15, -0.1) is 11.3 Å². The van der Waals surface area contributed by atoms with Gasteiger partial charge < -0.3 is 19.7 Å². The number of para-hydroxylation sites is 1. The van der Waals surface area contributed by atoms with E-state index < -0.39 is 5.60 Å². The first-order valence-electron chi connectivity index (χ1n) is 8.65. The van der Waals surface area contributed by atoms with E-state index in [0.29, 0.717) is 19.6 Å². The van der Waals surface area contributed by atoms with Gasteiger partial charge in [0, 0.05) is 18.1 Å². The van der Waals surface area contributed by atoms with Crippen LogP contribution in [0.4, 0.5) is 4.79 Å². The van der Waals surface area contributed by atoms with Gasteiger partial charge in [0.2, 0.25) is 0 Å². The number of fused-ring (bicyclic) bond motifs is 1. The number of thiazole rings is 1. The molecule has 2 amide bonds. The van der Waals surface area contributed by atoms with Crippen molar-refractivity contribution in [1.82, 2.24) is 15.2 Å². The average Bonchev–Trinajstić information content (AvgIpc) is 3.03. The third kappa shape index (κ3) is 4.34. The minimum Gasteiger partial charge on any atom is -0.486 e. The van der Waals surface area contributed by atoms with Gasteiger partial charge in [0.15, 0.2) is 0 Å². The van der Waals surface area contributed by atoms with Gasteiger partial charge >= 0.3 is 6.03 Å². The molecule has 0 saturated heterocycles. The third-order valence-corrected chi connectivity index (χ3v) is 5.33. The maximum absolute atomic E-state index is 12.7. The lowest BCUT2D eigenvalue weighted by atomic mass is 10.1. The monoisotopic (exact) mass is 375 g/mol. The summed E-state index contributed by atoms with van der Waals surface area (Å²) in [6, 6.07) is 7.74. The largest absolute Gasteiger partial charge is 0.486 e. The topological polar surface area (TPSA) is 63.7 Å². The first-order valence-corrected chi connectivity index (χ1v) is 9.53. The number of rotatable bonds is 4. The summed E-state index contributed by atoms with van der Waals surface area (Å²) in [6.45, 7) is 7.37. The summed E-state index contributed by atoms with van der Waals surface area (Å²) < 4.78 is 11.4. The molecule has 0 saturated carbocycles. The number of urea groups is 1. The van der Waals surface area contributed by atoms with Gasteiger partial charge in [0.1, 0.15) is 22.5 Å². The Balaban J connectivity index is 1.66. The first kappa shape index (κ1) is 18.7. The normalized spacial score (nSPS) is 17.0. The maximum atomic E-state index is 12.7. The lowest BCUT2D eigenvalue weighted by Crippen LogP contribution is -2.47. The summed E-state index contributed by atoms with van der Waals surface area (Å²) >= 11 is 1.54. The second kappa shape index (κ2) is 7.63. The van der Waals surface area contributed by atoms with E-state index in [0.717, 1.165) is 22.0 Å². The van der Waals surface area contributed by atoms with Crippen LogP contribution >= 0.6 is 11.3 Å². The number of nitrogens with zero attached hydrogens (tertiary/aromatic N) is 2.